The second kappa shape index (κ2) is 22.4. The van der Waals surface area contributed by atoms with Crippen LogP contribution < -0.4 is 0 Å². The zero-order valence-electron chi connectivity index (χ0n) is 16.7. The fraction of sp³-hybridized carbons (Fsp3) is 0.714. The number of hydrogen-bond acceptors (Lipinski definition) is 4. The van der Waals surface area contributed by atoms with Crippen LogP contribution in [0.1, 0.15) is 84.0 Å². The minimum Gasteiger partial charge on any atom is -0.481 e. The number of rotatable bonds is 16. The molecule has 4 N–H and O–H groups in total. The Morgan fingerprint density at radius 3 is 1.78 bits per heavy atom. The van der Waals surface area contributed by atoms with Crippen molar-refractivity contribution in [1.29, 1.82) is 0 Å². The number of allylic oxidation sites excluding steroid dienone is 4. The van der Waals surface area contributed by atoms with Crippen LogP contribution in [0.25, 0.3) is 0 Å². The number of aliphatic hydroxyl groups is 2. The zero-order valence-corrected chi connectivity index (χ0v) is 16.7. The third-order valence-electron chi connectivity index (χ3n) is 3.80. The first-order valence-electron chi connectivity index (χ1n) is 9.99. The Morgan fingerprint density at radius 1 is 0.815 bits per heavy atom. The van der Waals surface area contributed by atoms with Gasteiger partial charge in [-0.2, -0.15) is 0 Å². The summed E-state index contributed by atoms with van der Waals surface area (Å²) in [5, 5.41) is 32.2. The summed E-state index contributed by atoms with van der Waals surface area (Å²) < 4.78 is 0. The average molecular weight is 387 g/mol. The molecule has 0 aliphatic rings. The van der Waals surface area contributed by atoms with Crippen molar-refractivity contribution in [3.63, 3.8) is 0 Å². The van der Waals surface area contributed by atoms with E-state index >= 15 is 0 Å². The van der Waals surface area contributed by atoms with Crippen LogP contribution >= 0.6 is 0 Å². The van der Waals surface area contributed by atoms with E-state index in [0.29, 0.717) is 6.42 Å². The molecule has 0 fully saturated rings. The summed E-state index contributed by atoms with van der Waals surface area (Å²) in [5.41, 5.74) is 0. The third kappa shape index (κ3) is 26.7. The van der Waals surface area contributed by atoms with E-state index in [1.807, 2.05) is 0 Å². The Morgan fingerprint density at radius 2 is 1.33 bits per heavy atom. The van der Waals surface area contributed by atoms with Gasteiger partial charge in [0.05, 0.1) is 6.61 Å². The van der Waals surface area contributed by atoms with Crippen molar-refractivity contribution < 1.29 is 30.0 Å². The van der Waals surface area contributed by atoms with Gasteiger partial charge in [0, 0.05) is 6.42 Å². The summed E-state index contributed by atoms with van der Waals surface area (Å²) in [4.78, 5) is 19.8. The van der Waals surface area contributed by atoms with Crippen LogP contribution in [0.4, 0.5) is 0 Å². The lowest BCUT2D eigenvalue weighted by Gasteiger charge is -1.98. The largest absolute Gasteiger partial charge is 0.481 e. The molecule has 0 aromatic carbocycles. The molecule has 0 aromatic heterocycles. The smallest absolute Gasteiger partial charge is 0.334 e. The minimum atomic E-state index is -1.63. The first-order chi connectivity index (χ1) is 13.0. The van der Waals surface area contributed by atoms with Crippen LogP contribution in [0.5, 0.6) is 0 Å². The molecule has 0 saturated carbocycles. The van der Waals surface area contributed by atoms with Gasteiger partial charge in [-0.15, -0.1) is 0 Å². The zero-order chi connectivity index (χ0) is 20.8. The molecule has 0 saturated heterocycles. The molecule has 0 aromatic rings. The summed E-state index contributed by atoms with van der Waals surface area (Å²) >= 11 is 0. The first-order valence-corrected chi connectivity index (χ1v) is 9.99. The van der Waals surface area contributed by atoms with E-state index < -0.39 is 24.6 Å². The second-order valence-electron chi connectivity index (χ2n) is 6.41. The molecule has 6 nitrogen and oxygen atoms in total. The SMILES string of the molecule is CCCCC/C=C\C/C=C\CCCCCCCC(=O)O.O=C(O)C(O)CO. The maximum Gasteiger partial charge on any atom is 0.334 e. The van der Waals surface area contributed by atoms with Gasteiger partial charge in [-0.3, -0.25) is 4.79 Å². The van der Waals surface area contributed by atoms with E-state index in [4.69, 9.17) is 20.4 Å². The van der Waals surface area contributed by atoms with E-state index in [9.17, 15) is 9.59 Å². The van der Waals surface area contributed by atoms with Crippen molar-refractivity contribution in [2.24, 2.45) is 0 Å². The van der Waals surface area contributed by atoms with Crippen LogP contribution in [0.15, 0.2) is 24.3 Å². The van der Waals surface area contributed by atoms with Gasteiger partial charge in [0.25, 0.3) is 0 Å². The Kier molecular flexibility index (Phi) is 22.8. The lowest BCUT2D eigenvalue weighted by Crippen LogP contribution is -2.22. The molecule has 0 radical (unpaired) electrons. The van der Waals surface area contributed by atoms with Crippen molar-refractivity contribution in [1.82, 2.24) is 0 Å². The van der Waals surface area contributed by atoms with Crippen molar-refractivity contribution in [3.8, 4) is 0 Å². The Balaban J connectivity index is 0. The maximum absolute atomic E-state index is 10.3. The van der Waals surface area contributed by atoms with Gasteiger partial charge in [-0.05, 0) is 38.5 Å². The number of hydrogen-bond donors (Lipinski definition) is 4. The molecule has 27 heavy (non-hydrogen) atoms. The quantitative estimate of drug-likeness (QED) is 0.232. The topological polar surface area (TPSA) is 115 Å². The maximum atomic E-state index is 10.3. The van der Waals surface area contributed by atoms with Crippen LogP contribution in [0.2, 0.25) is 0 Å². The van der Waals surface area contributed by atoms with E-state index in [1.54, 1.807) is 0 Å². The van der Waals surface area contributed by atoms with Crippen LogP contribution in [-0.4, -0.2) is 45.1 Å². The summed E-state index contributed by atoms with van der Waals surface area (Å²) in [6.07, 6.45) is 20.7. The number of carboxylic acids is 2. The van der Waals surface area contributed by atoms with Crippen molar-refractivity contribution >= 4 is 11.9 Å². The van der Waals surface area contributed by atoms with Gasteiger partial charge >= 0.3 is 11.9 Å². The Labute approximate surface area is 163 Å². The third-order valence-corrected chi connectivity index (χ3v) is 3.80. The summed E-state index contributed by atoms with van der Waals surface area (Å²) in [5.74, 6) is -2.07. The highest BCUT2D eigenvalue weighted by atomic mass is 16.4. The molecule has 0 aliphatic heterocycles. The average Bonchev–Trinajstić information content (AvgIpc) is 2.64. The molecule has 0 aliphatic carbocycles. The normalized spacial score (nSPS) is 12.1. The monoisotopic (exact) mass is 386 g/mol. The number of carbonyl (C=O) groups is 2. The van der Waals surface area contributed by atoms with Gasteiger partial charge in [0.2, 0.25) is 0 Å². The van der Waals surface area contributed by atoms with Crippen LogP contribution in [0, 0.1) is 0 Å². The molecule has 158 valence electrons. The molecular weight excluding hydrogens is 348 g/mol. The van der Waals surface area contributed by atoms with Crippen molar-refractivity contribution in [2.45, 2.75) is 90.1 Å². The van der Waals surface area contributed by atoms with Gasteiger partial charge in [0.15, 0.2) is 6.10 Å². The van der Waals surface area contributed by atoms with E-state index in [-0.39, 0.29) is 0 Å². The number of aliphatic hydroxyl groups excluding tert-OH is 2. The molecule has 0 rings (SSSR count). The molecular formula is C21H38O6. The molecule has 6 heteroatoms. The second-order valence-corrected chi connectivity index (χ2v) is 6.41. The van der Waals surface area contributed by atoms with Crippen molar-refractivity contribution in [3.05, 3.63) is 24.3 Å². The van der Waals surface area contributed by atoms with Gasteiger partial charge < -0.3 is 20.4 Å². The van der Waals surface area contributed by atoms with E-state index in [0.717, 1.165) is 25.7 Å². The molecule has 0 amide bonds. The number of aliphatic carboxylic acids is 2. The fourth-order valence-electron chi connectivity index (χ4n) is 2.17. The summed E-state index contributed by atoms with van der Waals surface area (Å²) in [6.45, 7) is 1.51. The minimum absolute atomic E-state index is 0.324. The van der Waals surface area contributed by atoms with Crippen molar-refractivity contribution in [2.75, 3.05) is 6.61 Å². The van der Waals surface area contributed by atoms with Gasteiger partial charge in [-0.25, -0.2) is 4.79 Å². The van der Waals surface area contributed by atoms with Gasteiger partial charge in [0.1, 0.15) is 0 Å². The first kappa shape index (κ1) is 27.6. The fourth-order valence-corrected chi connectivity index (χ4v) is 2.17. The van der Waals surface area contributed by atoms with E-state index in [2.05, 4.69) is 31.2 Å². The predicted octanol–water partition coefficient (Wildman–Crippen LogP) is 4.31. The molecule has 0 spiro atoms. The number of unbranched alkanes of at least 4 members (excludes halogenated alkanes) is 8. The highest BCUT2D eigenvalue weighted by molar-refractivity contribution is 5.71. The lowest BCUT2D eigenvalue weighted by molar-refractivity contribution is -0.148. The van der Waals surface area contributed by atoms with Gasteiger partial charge in [-0.1, -0.05) is 63.3 Å². The lowest BCUT2D eigenvalue weighted by atomic mass is 10.1. The molecule has 1 unspecified atom stereocenters. The standard InChI is InChI=1S/C18H32O2.C3H6O4/c1-2-3-4-5-6-7-8-9-10-11-12-13-14-15-16-17-18(19)20;4-1-2(5)3(6)7/h6-7,9-10H,2-5,8,11-17H2,1H3,(H,19,20);2,4-5H,1H2,(H,6,7)/b7-6-,10-9-;. The van der Waals surface area contributed by atoms with Crippen LogP contribution in [0.3, 0.4) is 0 Å². The highest BCUT2D eigenvalue weighted by Crippen LogP contribution is 2.08. The molecule has 0 heterocycles. The predicted molar refractivity (Wildman–Crippen MR) is 108 cm³/mol. The summed E-state index contributed by atoms with van der Waals surface area (Å²) in [6, 6.07) is 0. The molecule has 0 bridgehead atoms. The summed E-state index contributed by atoms with van der Waals surface area (Å²) in [7, 11) is 0. The Hall–Kier alpha value is -1.66. The number of carboxylic acid groups (broad SMARTS) is 2. The highest BCUT2D eigenvalue weighted by Gasteiger charge is 2.08. The van der Waals surface area contributed by atoms with E-state index in [1.165, 1.54) is 44.9 Å². The molecule has 1 atom stereocenters. The Bertz CT molecular complexity index is 403. The van der Waals surface area contributed by atoms with Crippen LogP contribution in [-0.2, 0) is 9.59 Å².